The molecule has 7 nitrogen and oxygen atoms in total. The van der Waals surface area contributed by atoms with Crippen molar-refractivity contribution in [2.24, 2.45) is 21.7 Å². The fraction of sp³-hybridized carbons (Fsp3) is 0.615. The first-order valence-corrected chi connectivity index (χ1v) is 18.0. The maximum atomic E-state index is 14.7. The summed E-state index contributed by atoms with van der Waals surface area (Å²) in [5.74, 6) is -0.807. The molecule has 1 amide bonds. The van der Waals surface area contributed by atoms with Crippen molar-refractivity contribution in [3.8, 4) is 0 Å². The van der Waals surface area contributed by atoms with Crippen molar-refractivity contribution in [1.82, 2.24) is 10.2 Å². The number of nitrogens with zero attached hydrogens (tertiary/aromatic N) is 2. The first-order valence-electron chi connectivity index (χ1n) is 17.7. The number of carboxylic acids is 1. The number of carboxylic acid groups (broad SMARTS) is 1. The van der Waals surface area contributed by atoms with Crippen molar-refractivity contribution < 1.29 is 32.6 Å². The highest BCUT2D eigenvalue weighted by atomic mass is 35.5. The van der Waals surface area contributed by atoms with Crippen molar-refractivity contribution in [1.29, 1.82) is 0 Å². The number of halogens is 4. The van der Waals surface area contributed by atoms with Crippen LogP contribution in [0.5, 0.6) is 0 Å². The lowest BCUT2D eigenvalue weighted by molar-refractivity contribution is -0.138. The second-order valence-corrected chi connectivity index (χ2v) is 16.6. The van der Waals surface area contributed by atoms with Crippen LogP contribution in [0, 0.1) is 16.7 Å². The van der Waals surface area contributed by atoms with Crippen LogP contribution < -0.4 is 5.32 Å². The van der Waals surface area contributed by atoms with E-state index in [2.05, 4.69) is 59.0 Å². The molecule has 0 saturated heterocycles. The number of alkyl halides is 3. The van der Waals surface area contributed by atoms with E-state index in [0.717, 1.165) is 49.0 Å². The van der Waals surface area contributed by atoms with Gasteiger partial charge in [-0.25, -0.2) is 0 Å². The summed E-state index contributed by atoms with van der Waals surface area (Å²) < 4.78 is 47.4. The van der Waals surface area contributed by atoms with Gasteiger partial charge in [-0.05, 0) is 91.0 Å². The van der Waals surface area contributed by atoms with Crippen molar-refractivity contribution in [2.75, 3.05) is 19.9 Å². The van der Waals surface area contributed by atoms with Gasteiger partial charge in [0.15, 0.2) is 0 Å². The van der Waals surface area contributed by atoms with E-state index in [9.17, 15) is 22.8 Å². The van der Waals surface area contributed by atoms with Crippen LogP contribution in [-0.4, -0.2) is 59.2 Å². The molecule has 1 unspecified atom stereocenters. The average molecular weight is 720 g/mol. The van der Waals surface area contributed by atoms with Crippen LogP contribution in [0.3, 0.4) is 0 Å². The second kappa shape index (κ2) is 16.2. The number of hydrogen-bond acceptors (Lipinski definition) is 5. The summed E-state index contributed by atoms with van der Waals surface area (Å²) in [6, 6.07) is 2.97. The van der Waals surface area contributed by atoms with Gasteiger partial charge >= 0.3 is 12.1 Å². The predicted molar refractivity (Wildman–Crippen MR) is 192 cm³/mol. The molecule has 2 aliphatic carbocycles. The molecule has 2 N–H and O–H groups in total. The monoisotopic (exact) mass is 719 g/mol. The van der Waals surface area contributed by atoms with Gasteiger partial charge in [0.05, 0.1) is 31.4 Å². The molecule has 4 rings (SSSR count). The van der Waals surface area contributed by atoms with E-state index in [1.54, 1.807) is 0 Å². The maximum absolute atomic E-state index is 14.7. The van der Waals surface area contributed by atoms with E-state index < -0.39 is 23.4 Å². The van der Waals surface area contributed by atoms with Crippen LogP contribution in [0.1, 0.15) is 110 Å². The smallest absolute Gasteiger partial charge is 0.416 e. The number of carbonyl (C=O) groups is 2. The molecule has 1 aromatic rings. The zero-order chi connectivity index (χ0) is 36.9. The molecule has 0 radical (unpaired) electrons. The number of ether oxygens (including phenoxy) is 1. The third-order valence-electron chi connectivity index (χ3n) is 10.0. The highest BCUT2D eigenvalue weighted by Crippen LogP contribution is 2.49. The van der Waals surface area contributed by atoms with E-state index >= 15 is 0 Å². The highest BCUT2D eigenvalue weighted by Gasteiger charge is 2.53. The van der Waals surface area contributed by atoms with Crippen molar-refractivity contribution in [2.45, 2.75) is 117 Å². The molecule has 1 spiro atoms. The van der Waals surface area contributed by atoms with Crippen LogP contribution >= 0.6 is 11.6 Å². The summed E-state index contributed by atoms with van der Waals surface area (Å²) in [6.07, 6.45) is 9.50. The van der Waals surface area contributed by atoms with Gasteiger partial charge in [0.2, 0.25) is 0 Å². The van der Waals surface area contributed by atoms with Crippen LogP contribution in [-0.2, 0) is 20.5 Å². The molecule has 1 saturated carbocycles. The Morgan fingerprint density at radius 3 is 2.44 bits per heavy atom. The number of hydrogen-bond donors (Lipinski definition) is 2. The van der Waals surface area contributed by atoms with E-state index in [4.69, 9.17) is 26.4 Å². The van der Waals surface area contributed by atoms with Gasteiger partial charge < -0.3 is 14.7 Å². The van der Waals surface area contributed by atoms with E-state index in [1.165, 1.54) is 6.07 Å². The topological polar surface area (TPSA) is 91.2 Å². The molecule has 50 heavy (non-hydrogen) atoms. The van der Waals surface area contributed by atoms with Crippen molar-refractivity contribution in [3.63, 3.8) is 0 Å². The number of benzene rings is 1. The quantitative estimate of drug-likeness (QED) is 0.157. The molecule has 1 fully saturated rings. The number of amides is 1. The molecular formula is C39H53ClF3N3O4. The van der Waals surface area contributed by atoms with Crippen LogP contribution in [0.15, 0.2) is 58.6 Å². The molecule has 1 aliphatic heterocycles. The SMILES string of the molecule is CC(C)(C)CCCC(C1=CC=C(COCNCCC(=O)O)C=CC1)N1C(=O)C(c2cc(Cl)cc(C(F)(F)F)c2)=NC12CCC(C(C)(C)C)CC2. The van der Waals surface area contributed by atoms with Gasteiger partial charge in [-0.3, -0.25) is 19.9 Å². The highest BCUT2D eigenvalue weighted by molar-refractivity contribution is 6.47. The third-order valence-corrected chi connectivity index (χ3v) is 10.2. The Bertz CT molecular complexity index is 1510. The predicted octanol–water partition coefficient (Wildman–Crippen LogP) is 9.36. The van der Waals surface area contributed by atoms with Crippen LogP contribution in [0.2, 0.25) is 5.02 Å². The van der Waals surface area contributed by atoms with E-state index in [-0.39, 0.29) is 52.2 Å². The third kappa shape index (κ3) is 10.5. The summed E-state index contributed by atoms with van der Waals surface area (Å²) in [6.45, 7) is 14.1. The number of allylic oxidation sites excluding steroid dienone is 3. The number of aliphatic imine (C=N–C) groups is 1. The van der Waals surface area contributed by atoms with Crippen LogP contribution in [0.4, 0.5) is 13.2 Å². The van der Waals surface area contributed by atoms with Gasteiger partial charge in [0.1, 0.15) is 11.4 Å². The molecule has 3 aliphatic rings. The van der Waals surface area contributed by atoms with Gasteiger partial charge in [-0.1, -0.05) is 83.9 Å². The normalized spacial score (nSPS) is 22.4. The lowest BCUT2D eigenvalue weighted by Crippen LogP contribution is -2.55. The van der Waals surface area contributed by atoms with Gasteiger partial charge in [0, 0.05) is 17.1 Å². The number of aliphatic carboxylic acids is 1. The van der Waals surface area contributed by atoms with E-state index in [0.29, 0.717) is 44.8 Å². The van der Waals surface area contributed by atoms with Crippen molar-refractivity contribution in [3.05, 3.63) is 69.8 Å². The molecule has 11 heteroatoms. The van der Waals surface area contributed by atoms with Crippen LogP contribution in [0.25, 0.3) is 0 Å². The van der Waals surface area contributed by atoms with Gasteiger partial charge in [0.25, 0.3) is 5.91 Å². The standard InChI is InChI=1S/C39H53ClF3N3O4/c1-36(2,3)17-8-11-32(27-10-7-9-26(12-13-27)24-50-25-44-20-16-33(47)48)46-35(49)34(28-21-30(39(41,42)43)23-31(40)22-28)45-38(46)18-14-29(15-19-38)37(4,5)6/h7,9,12-13,21-23,29,32,44H,8,10-11,14-20,24-25H2,1-6H3,(H,47,48). The minimum absolute atomic E-state index is 0.00840. The Balaban J connectivity index is 1.71. The summed E-state index contributed by atoms with van der Waals surface area (Å²) in [5, 5.41) is 11.7. The molecule has 0 aromatic heterocycles. The number of carbonyl (C=O) groups excluding carboxylic acids is 1. The molecule has 1 heterocycles. The fourth-order valence-electron chi connectivity index (χ4n) is 7.26. The Morgan fingerprint density at radius 1 is 1.12 bits per heavy atom. The lowest BCUT2D eigenvalue weighted by Gasteiger charge is -2.48. The summed E-state index contributed by atoms with van der Waals surface area (Å²) in [4.78, 5) is 32.5. The van der Waals surface area contributed by atoms with Gasteiger partial charge in [-0.2, -0.15) is 13.2 Å². The lowest BCUT2D eigenvalue weighted by atomic mass is 9.69. The molecular weight excluding hydrogens is 667 g/mol. The minimum atomic E-state index is -4.63. The van der Waals surface area contributed by atoms with Gasteiger partial charge in [-0.15, -0.1) is 0 Å². The zero-order valence-corrected chi connectivity index (χ0v) is 31.0. The summed E-state index contributed by atoms with van der Waals surface area (Å²) in [5.41, 5.74) is 0.466. The Morgan fingerprint density at radius 2 is 1.82 bits per heavy atom. The van der Waals surface area contributed by atoms with Crippen molar-refractivity contribution >= 4 is 29.2 Å². The second-order valence-electron chi connectivity index (χ2n) is 16.2. The Labute approximate surface area is 300 Å². The Kier molecular flexibility index (Phi) is 12.9. The Hall–Kier alpha value is -2.95. The first-order chi connectivity index (χ1) is 23.3. The molecule has 0 bridgehead atoms. The number of rotatable bonds is 13. The summed E-state index contributed by atoms with van der Waals surface area (Å²) >= 11 is 6.23. The zero-order valence-electron chi connectivity index (χ0n) is 30.3. The maximum Gasteiger partial charge on any atom is 0.416 e. The first kappa shape index (κ1) is 39.8. The average Bonchev–Trinajstić information content (AvgIpc) is 3.12. The number of nitrogens with one attached hydrogen (secondary N) is 1. The fourth-order valence-corrected chi connectivity index (χ4v) is 7.50. The largest absolute Gasteiger partial charge is 0.481 e. The van der Waals surface area contributed by atoms with E-state index in [1.807, 2.05) is 17.1 Å². The molecule has 1 aromatic carbocycles. The molecule has 276 valence electrons. The molecule has 1 atom stereocenters. The minimum Gasteiger partial charge on any atom is -0.481 e. The summed E-state index contributed by atoms with van der Waals surface area (Å²) in [7, 11) is 0.